The van der Waals surface area contributed by atoms with Gasteiger partial charge in [-0.1, -0.05) is 0 Å². The summed E-state index contributed by atoms with van der Waals surface area (Å²) in [7, 11) is 1.29. The van der Waals surface area contributed by atoms with Gasteiger partial charge >= 0.3 is 0 Å². The van der Waals surface area contributed by atoms with Gasteiger partial charge in [0.2, 0.25) is 5.43 Å². The van der Waals surface area contributed by atoms with E-state index in [-0.39, 0.29) is 10.9 Å². The van der Waals surface area contributed by atoms with Gasteiger partial charge in [-0.25, -0.2) is 15.4 Å². The molecule has 0 bridgehead atoms. The smallest absolute Gasteiger partial charge is 0.280 e. The Morgan fingerprint density at radius 2 is 2.38 bits per heavy atom. The lowest BCUT2D eigenvalue weighted by atomic mass is 10.2. The lowest BCUT2D eigenvalue weighted by Crippen LogP contribution is -2.28. The first-order chi connectivity index (χ1) is 7.74. The molecule has 0 aliphatic heterocycles. The topological polar surface area (TPSA) is 97.0 Å². The maximum atomic E-state index is 11.8. The number of hydrogen-bond donors (Lipinski definition) is 2. The fourth-order valence-electron chi connectivity index (χ4n) is 1.28. The number of carbonyl (C=O) groups excluding carboxylic acids is 1. The van der Waals surface area contributed by atoms with E-state index in [1.807, 2.05) is 0 Å². The van der Waals surface area contributed by atoms with Crippen molar-refractivity contribution in [3.8, 4) is 0 Å². The standard InChI is InChI=1S/C9H8N4O3/c1-16-13-9(15)6-3-11-8-5(7(6)14)2-10-4-12-8/h2-4H,1H3,(H,13,15)(H,10,11,12,14). The van der Waals surface area contributed by atoms with Gasteiger partial charge in [-0.05, 0) is 0 Å². The first kappa shape index (κ1) is 10.2. The zero-order chi connectivity index (χ0) is 11.5. The van der Waals surface area contributed by atoms with Gasteiger partial charge in [-0.2, -0.15) is 0 Å². The minimum atomic E-state index is -0.616. The number of pyridine rings is 1. The highest BCUT2D eigenvalue weighted by Crippen LogP contribution is 2.01. The summed E-state index contributed by atoms with van der Waals surface area (Å²) in [6.45, 7) is 0. The van der Waals surface area contributed by atoms with Crippen molar-refractivity contribution < 1.29 is 9.63 Å². The van der Waals surface area contributed by atoms with Crippen LogP contribution in [0.1, 0.15) is 10.4 Å². The van der Waals surface area contributed by atoms with Gasteiger partial charge in [0.25, 0.3) is 5.91 Å². The summed E-state index contributed by atoms with van der Waals surface area (Å²) < 4.78 is 0. The minimum Gasteiger partial charge on any atom is -0.345 e. The van der Waals surface area contributed by atoms with E-state index in [0.717, 1.165) is 0 Å². The Bertz CT molecular complexity index is 593. The molecule has 2 rings (SSSR count). The van der Waals surface area contributed by atoms with Crippen LogP contribution in [0.2, 0.25) is 0 Å². The summed E-state index contributed by atoms with van der Waals surface area (Å²) in [5, 5.41) is 0.256. The number of amides is 1. The molecule has 82 valence electrons. The number of hydrogen-bond acceptors (Lipinski definition) is 5. The molecule has 7 heteroatoms. The number of nitrogens with one attached hydrogen (secondary N) is 2. The van der Waals surface area contributed by atoms with Crippen LogP contribution in [0.3, 0.4) is 0 Å². The highest BCUT2D eigenvalue weighted by molar-refractivity contribution is 5.95. The lowest BCUT2D eigenvalue weighted by molar-refractivity contribution is 0.0536. The first-order valence-electron chi connectivity index (χ1n) is 4.38. The number of rotatable bonds is 2. The number of H-pyrrole nitrogens is 1. The molecule has 0 saturated heterocycles. The molecule has 0 saturated carbocycles. The number of aromatic nitrogens is 3. The van der Waals surface area contributed by atoms with Gasteiger partial charge in [0.05, 0.1) is 12.5 Å². The molecule has 0 aliphatic carbocycles. The van der Waals surface area contributed by atoms with Gasteiger partial charge < -0.3 is 4.98 Å². The number of nitrogens with zero attached hydrogens (tertiary/aromatic N) is 2. The van der Waals surface area contributed by atoms with Crippen molar-refractivity contribution in [2.75, 3.05) is 7.11 Å². The molecule has 2 aromatic heterocycles. The molecule has 7 nitrogen and oxygen atoms in total. The Morgan fingerprint density at radius 1 is 1.56 bits per heavy atom. The second kappa shape index (κ2) is 4.07. The Morgan fingerprint density at radius 3 is 3.12 bits per heavy atom. The Balaban J connectivity index is 2.61. The molecule has 0 spiro atoms. The molecule has 0 radical (unpaired) electrons. The van der Waals surface area contributed by atoms with E-state index in [4.69, 9.17) is 0 Å². The lowest BCUT2D eigenvalue weighted by Gasteiger charge is -2.02. The van der Waals surface area contributed by atoms with Crippen molar-refractivity contribution in [2.24, 2.45) is 0 Å². The third kappa shape index (κ3) is 1.63. The van der Waals surface area contributed by atoms with Crippen LogP contribution in [-0.2, 0) is 4.84 Å². The van der Waals surface area contributed by atoms with Gasteiger partial charge in [0.15, 0.2) is 0 Å². The fourth-order valence-corrected chi connectivity index (χ4v) is 1.28. The van der Waals surface area contributed by atoms with Crippen molar-refractivity contribution in [2.45, 2.75) is 0 Å². The average Bonchev–Trinajstić information content (AvgIpc) is 2.30. The van der Waals surface area contributed by atoms with Gasteiger partial charge in [-0.3, -0.25) is 14.4 Å². The Hall–Kier alpha value is -2.28. The van der Waals surface area contributed by atoms with Crippen molar-refractivity contribution in [1.29, 1.82) is 0 Å². The van der Waals surface area contributed by atoms with Crippen LogP contribution >= 0.6 is 0 Å². The molecule has 2 aromatic rings. The molecular formula is C9H8N4O3. The fraction of sp³-hybridized carbons (Fsp3) is 0.111. The summed E-state index contributed by atoms with van der Waals surface area (Å²) in [5.41, 5.74) is 1.96. The largest absolute Gasteiger partial charge is 0.345 e. The van der Waals surface area contributed by atoms with Crippen LogP contribution in [0, 0.1) is 0 Å². The van der Waals surface area contributed by atoms with E-state index in [0.29, 0.717) is 5.65 Å². The summed E-state index contributed by atoms with van der Waals surface area (Å²) in [6, 6.07) is 0. The molecule has 0 fully saturated rings. The Kier molecular flexibility index (Phi) is 2.61. The molecule has 16 heavy (non-hydrogen) atoms. The monoisotopic (exact) mass is 220 g/mol. The number of fused-ring (bicyclic) bond motifs is 1. The molecule has 0 aliphatic rings. The first-order valence-corrected chi connectivity index (χ1v) is 4.38. The molecule has 0 unspecified atom stereocenters. The van der Waals surface area contributed by atoms with Crippen molar-refractivity contribution in [1.82, 2.24) is 20.4 Å². The highest BCUT2D eigenvalue weighted by atomic mass is 16.6. The van der Waals surface area contributed by atoms with E-state index in [1.165, 1.54) is 25.8 Å². The van der Waals surface area contributed by atoms with Crippen LogP contribution in [0.15, 0.2) is 23.5 Å². The quantitative estimate of drug-likeness (QED) is 0.672. The zero-order valence-electron chi connectivity index (χ0n) is 8.35. The third-order valence-electron chi connectivity index (χ3n) is 1.99. The number of carbonyl (C=O) groups is 1. The van der Waals surface area contributed by atoms with E-state index in [1.54, 1.807) is 0 Å². The van der Waals surface area contributed by atoms with E-state index < -0.39 is 11.3 Å². The summed E-state index contributed by atoms with van der Waals surface area (Å²) >= 11 is 0. The van der Waals surface area contributed by atoms with Gasteiger partial charge in [-0.15, -0.1) is 0 Å². The average molecular weight is 220 g/mol. The predicted octanol–water partition coefficient (Wildman–Crippen LogP) is -0.391. The van der Waals surface area contributed by atoms with Crippen LogP contribution in [0.25, 0.3) is 11.0 Å². The van der Waals surface area contributed by atoms with Crippen LogP contribution in [-0.4, -0.2) is 28.0 Å². The number of hydroxylamine groups is 1. The van der Waals surface area contributed by atoms with Gasteiger partial charge in [0, 0.05) is 12.4 Å². The van der Waals surface area contributed by atoms with Crippen LogP contribution in [0.4, 0.5) is 0 Å². The zero-order valence-corrected chi connectivity index (χ0v) is 8.35. The van der Waals surface area contributed by atoms with Crippen molar-refractivity contribution in [3.63, 3.8) is 0 Å². The van der Waals surface area contributed by atoms with Crippen LogP contribution in [0.5, 0.6) is 0 Å². The molecule has 2 heterocycles. The Labute approximate surface area is 89.4 Å². The van der Waals surface area contributed by atoms with E-state index in [9.17, 15) is 9.59 Å². The maximum absolute atomic E-state index is 11.8. The molecular weight excluding hydrogens is 212 g/mol. The normalized spacial score (nSPS) is 10.3. The molecule has 1 amide bonds. The summed E-state index contributed by atoms with van der Waals surface area (Å²) in [6.07, 6.45) is 3.95. The van der Waals surface area contributed by atoms with Gasteiger partial charge in [0.1, 0.15) is 17.5 Å². The molecule has 2 N–H and O–H groups in total. The van der Waals surface area contributed by atoms with E-state index in [2.05, 4.69) is 25.3 Å². The predicted molar refractivity (Wildman–Crippen MR) is 54.6 cm³/mol. The van der Waals surface area contributed by atoms with Crippen molar-refractivity contribution in [3.05, 3.63) is 34.5 Å². The van der Waals surface area contributed by atoms with Crippen LogP contribution < -0.4 is 10.9 Å². The third-order valence-corrected chi connectivity index (χ3v) is 1.99. The summed E-state index contributed by atoms with van der Waals surface area (Å²) in [4.78, 5) is 38.0. The second-order valence-electron chi connectivity index (χ2n) is 2.95. The minimum absolute atomic E-state index is 0.0517. The molecule has 0 aromatic carbocycles. The maximum Gasteiger partial charge on any atom is 0.280 e. The number of aromatic amines is 1. The second-order valence-corrected chi connectivity index (χ2v) is 2.95. The summed E-state index contributed by atoms with van der Waals surface area (Å²) in [5.74, 6) is -0.616. The SMILES string of the molecule is CONC(=O)c1c[nH]c2ncncc2c1=O. The highest BCUT2D eigenvalue weighted by Gasteiger charge is 2.12. The molecule has 0 atom stereocenters. The van der Waals surface area contributed by atoms with Crippen molar-refractivity contribution >= 4 is 16.9 Å². The van der Waals surface area contributed by atoms with E-state index >= 15 is 0 Å².